The molecule has 0 saturated carbocycles. The standard InChI is InChI=1S/C15H18N4O2S/c20-15(18-5-7-21-8-6-18)12-2-1-4-19(12)13-11-3-9-22-14(11)17-10-16-13/h3,9-10,12H,1-2,4-8H2/t12-/m1/s1. The van der Waals surface area contributed by atoms with Crippen LogP contribution in [0.4, 0.5) is 5.82 Å². The number of thiophene rings is 1. The minimum atomic E-state index is -0.101. The van der Waals surface area contributed by atoms with E-state index in [2.05, 4.69) is 14.9 Å². The molecule has 2 aliphatic heterocycles. The number of carbonyl (C=O) groups is 1. The van der Waals surface area contributed by atoms with Crippen LogP contribution in [0.15, 0.2) is 17.8 Å². The summed E-state index contributed by atoms with van der Waals surface area (Å²) >= 11 is 1.61. The van der Waals surface area contributed by atoms with E-state index in [4.69, 9.17) is 4.74 Å². The van der Waals surface area contributed by atoms with Gasteiger partial charge in [0.1, 0.15) is 23.0 Å². The largest absolute Gasteiger partial charge is 0.378 e. The lowest BCUT2D eigenvalue weighted by Crippen LogP contribution is -2.50. The third-order valence-corrected chi connectivity index (χ3v) is 5.19. The van der Waals surface area contributed by atoms with Gasteiger partial charge in [0.25, 0.3) is 0 Å². The molecule has 0 aliphatic carbocycles. The lowest BCUT2D eigenvalue weighted by Gasteiger charge is -2.33. The minimum Gasteiger partial charge on any atom is -0.378 e. The average Bonchev–Trinajstić information content (AvgIpc) is 3.23. The lowest BCUT2D eigenvalue weighted by atomic mass is 10.1. The summed E-state index contributed by atoms with van der Waals surface area (Å²) in [6, 6.07) is 1.94. The molecule has 1 amide bonds. The Balaban J connectivity index is 1.63. The number of hydrogen-bond donors (Lipinski definition) is 0. The minimum absolute atomic E-state index is 0.101. The summed E-state index contributed by atoms with van der Waals surface area (Å²) in [5, 5.41) is 3.08. The van der Waals surface area contributed by atoms with E-state index in [1.165, 1.54) is 0 Å². The molecule has 2 aromatic rings. The first-order chi connectivity index (χ1) is 10.8. The summed E-state index contributed by atoms with van der Waals surface area (Å²) in [4.78, 5) is 26.7. The molecule has 0 spiro atoms. The quantitative estimate of drug-likeness (QED) is 0.840. The van der Waals surface area contributed by atoms with Crippen molar-refractivity contribution in [1.29, 1.82) is 0 Å². The maximum absolute atomic E-state index is 12.8. The monoisotopic (exact) mass is 318 g/mol. The van der Waals surface area contributed by atoms with Gasteiger partial charge in [0, 0.05) is 19.6 Å². The van der Waals surface area contributed by atoms with Crippen molar-refractivity contribution >= 4 is 33.3 Å². The number of rotatable bonds is 2. The second-order valence-corrected chi connectivity index (χ2v) is 6.52. The summed E-state index contributed by atoms with van der Waals surface area (Å²) in [5.74, 6) is 1.11. The summed E-state index contributed by atoms with van der Waals surface area (Å²) in [6.45, 7) is 3.55. The number of ether oxygens (including phenoxy) is 1. The number of nitrogens with zero attached hydrogens (tertiary/aromatic N) is 4. The lowest BCUT2D eigenvalue weighted by molar-refractivity contribution is -0.136. The first kappa shape index (κ1) is 13.9. The molecular formula is C15H18N4O2S. The van der Waals surface area contributed by atoms with Gasteiger partial charge in [0.15, 0.2) is 0 Å². The van der Waals surface area contributed by atoms with Crippen molar-refractivity contribution in [3.63, 3.8) is 0 Å². The van der Waals surface area contributed by atoms with E-state index in [0.29, 0.717) is 26.3 Å². The molecule has 2 aliphatic rings. The van der Waals surface area contributed by atoms with Crippen molar-refractivity contribution in [3.05, 3.63) is 17.8 Å². The van der Waals surface area contributed by atoms with Crippen LogP contribution in [-0.4, -0.2) is 59.7 Å². The van der Waals surface area contributed by atoms with Crippen molar-refractivity contribution in [2.45, 2.75) is 18.9 Å². The predicted molar refractivity (Wildman–Crippen MR) is 85.2 cm³/mol. The molecule has 2 aromatic heterocycles. The van der Waals surface area contributed by atoms with Gasteiger partial charge in [-0.05, 0) is 24.3 Å². The molecule has 116 valence electrons. The normalized spacial score (nSPS) is 22.5. The second kappa shape index (κ2) is 5.81. The van der Waals surface area contributed by atoms with Crippen LogP contribution in [0.25, 0.3) is 10.2 Å². The molecule has 4 heterocycles. The molecule has 22 heavy (non-hydrogen) atoms. The Morgan fingerprint density at radius 3 is 3.00 bits per heavy atom. The molecule has 0 aromatic carbocycles. The van der Waals surface area contributed by atoms with E-state index in [1.54, 1.807) is 17.7 Å². The Labute approximate surface area is 132 Å². The molecule has 7 heteroatoms. The number of hydrogen-bond acceptors (Lipinski definition) is 6. The Morgan fingerprint density at radius 1 is 1.27 bits per heavy atom. The van der Waals surface area contributed by atoms with Crippen molar-refractivity contribution in [1.82, 2.24) is 14.9 Å². The Morgan fingerprint density at radius 2 is 2.14 bits per heavy atom. The highest BCUT2D eigenvalue weighted by Crippen LogP contribution is 2.32. The summed E-state index contributed by atoms with van der Waals surface area (Å²) in [5.41, 5.74) is 0. The van der Waals surface area contributed by atoms with Crippen LogP contribution in [0.1, 0.15) is 12.8 Å². The smallest absolute Gasteiger partial charge is 0.245 e. The second-order valence-electron chi connectivity index (χ2n) is 5.63. The molecule has 2 fully saturated rings. The van der Waals surface area contributed by atoms with Gasteiger partial charge in [0.05, 0.1) is 18.6 Å². The van der Waals surface area contributed by atoms with E-state index < -0.39 is 0 Å². The fourth-order valence-corrected chi connectivity index (χ4v) is 4.00. The van der Waals surface area contributed by atoms with E-state index >= 15 is 0 Å². The Hall–Kier alpha value is -1.73. The maximum atomic E-state index is 12.8. The Kier molecular flexibility index (Phi) is 3.67. The first-order valence-electron chi connectivity index (χ1n) is 7.66. The molecule has 6 nitrogen and oxygen atoms in total. The summed E-state index contributed by atoms with van der Waals surface area (Å²) < 4.78 is 5.34. The van der Waals surface area contributed by atoms with Crippen molar-refractivity contribution in [3.8, 4) is 0 Å². The SMILES string of the molecule is O=C([C@H]1CCCN1c1ncnc2sccc12)N1CCOCC1. The summed E-state index contributed by atoms with van der Waals surface area (Å²) in [6.07, 6.45) is 3.52. The fourth-order valence-electron chi connectivity index (χ4n) is 3.28. The molecule has 0 bridgehead atoms. The highest BCUT2D eigenvalue weighted by molar-refractivity contribution is 7.16. The number of anilines is 1. The topological polar surface area (TPSA) is 58.6 Å². The van der Waals surface area contributed by atoms with Crippen molar-refractivity contribution < 1.29 is 9.53 Å². The van der Waals surface area contributed by atoms with Crippen molar-refractivity contribution in [2.24, 2.45) is 0 Å². The molecular weight excluding hydrogens is 300 g/mol. The van der Waals surface area contributed by atoms with Crippen molar-refractivity contribution in [2.75, 3.05) is 37.7 Å². The highest BCUT2D eigenvalue weighted by atomic mass is 32.1. The molecule has 0 unspecified atom stereocenters. The Bertz CT molecular complexity index is 683. The van der Waals surface area contributed by atoms with Gasteiger partial charge in [-0.1, -0.05) is 0 Å². The zero-order valence-corrected chi connectivity index (χ0v) is 13.1. The van der Waals surface area contributed by atoms with Crippen LogP contribution in [-0.2, 0) is 9.53 Å². The number of amides is 1. The van der Waals surface area contributed by atoms with E-state index in [-0.39, 0.29) is 11.9 Å². The van der Waals surface area contributed by atoms with Gasteiger partial charge in [-0.2, -0.15) is 0 Å². The maximum Gasteiger partial charge on any atom is 0.245 e. The van der Waals surface area contributed by atoms with E-state index in [1.807, 2.05) is 16.3 Å². The summed E-state index contributed by atoms with van der Waals surface area (Å²) in [7, 11) is 0. The first-order valence-corrected chi connectivity index (χ1v) is 8.54. The van der Waals surface area contributed by atoms with Gasteiger partial charge in [-0.25, -0.2) is 9.97 Å². The van der Waals surface area contributed by atoms with Crippen LogP contribution < -0.4 is 4.90 Å². The third kappa shape index (κ3) is 2.34. The van der Waals surface area contributed by atoms with Gasteiger partial charge in [-0.3, -0.25) is 4.79 Å². The van der Waals surface area contributed by atoms with Gasteiger partial charge < -0.3 is 14.5 Å². The zero-order chi connectivity index (χ0) is 14.9. The van der Waals surface area contributed by atoms with Crippen LogP contribution in [0.2, 0.25) is 0 Å². The number of carbonyl (C=O) groups excluding carboxylic acids is 1. The molecule has 1 atom stereocenters. The third-order valence-electron chi connectivity index (χ3n) is 4.37. The number of morpholine rings is 1. The molecule has 0 N–H and O–H groups in total. The van der Waals surface area contributed by atoms with Crippen LogP contribution in [0.5, 0.6) is 0 Å². The molecule has 0 radical (unpaired) electrons. The van der Waals surface area contributed by atoms with Gasteiger partial charge in [0.2, 0.25) is 5.91 Å². The van der Waals surface area contributed by atoms with Gasteiger partial charge in [-0.15, -0.1) is 11.3 Å². The molecule has 2 saturated heterocycles. The predicted octanol–water partition coefficient (Wildman–Crippen LogP) is 1.52. The molecule has 4 rings (SSSR count). The van der Waals surface area contributed by atoms with Crippen LogP contribution in [0, 0.1) is 0 Å². The van der Waals surface area contributed by atoms with Gasteiger partial charge >= 0.3 is 0 Å². The fraction of sp³-hybridized carbons (Fsp3) is 0.533. The van der Waals surface area contributed by atoms with E-state index in [0.717, 1.165) is 35.4 Å². The van der Waals surface area contributed by atoms with Crippen LogP contribution >= 0.6 is 11.3 Å². The highest BCUT2D eigenvalue weighted by Gasteiger charge is 2.35. The zero-order valence-electron chi connectivity index (χ0n) is 12.3. The number of fused-ring (bicyclic) bond motifs is 1. The number of aromatic nitrogens is 2. The van der Waals surface area contributed by atoms with Crippen LogP contribution in [0.3, 0.4) is 0 Å². The van der Waals surface area contributed by atoms with E-state index in [9.17, 15) is 4.79 Å². The average molecular weight is 318 g/mol.